The number of para-hydroxylation sites is 2. The highest BCUT2D eigenvalue weighted by molar-refractivity contribution is 5.48. The lowest BCUT2D eigenvalue weighted by molar-refractivity contribution is 0.412. The maximum atomic E-state index is 6.57. The third-order valence-corrected chi connectivity index (χ3v) is 5.20. The van der Waals surface area contributed by atoms with Crippen LogP contribution >= 0.6 is 0 Å². The number of rotatable bonds is 6. The van der Waals surface area contributed by atoms with Crippen molar-refractivity contribution in [3.8, 4) is 23.0 Å². The highest BCUT2D eigenvalue weighted by Gasteiger charge is 2.24. The monoisotopic (exact) mass is 359 g/mol. The normalized spacial score (nSPS) is 15.4. The molecule has 0 bridgehead atoms. The third-order valence-electron chi connectivity index (χ3n) is 5.20. The van der Waals surface area contributed by atoms with Crippen LogP contribution in [0.4, 0.5) is 0 Å². The SMILES string of the molecule is N[C@@H](c1ccc(Oc2ccccc2)c(Oc2ccccc2)c1)C1CCCC1. The Morgan fingerprint density at radius 3 is 1.85 bits per heavy atom. The third kappa shape index (κ3) is 4.32. The van der Waals surface area contributed by atoms with Crippen LogP contribution in [-0.4, -0.2) is 0 Å². The number of ether oxygens (including phenoxy) is 2. The van der Waals surface area contributed by atoms with Gasteiger partial charge < -0.3 is 15.2 Å². The quantitative estimate of drug-likeness (QED) is 0.549. The number of hydrogen-bond donors (Lipinski definition) is 1. The first-order chi connectivity index (χ1) is 13.3. The number of benzene rings is 3. The Bertz CT molecular complexity index is 858. The predicted octanol–water partition coefficient (Wildman–Crippen LogP) is 6.46. The number of hydrogen-bond acceptors (Lipinski definition) is 3. The second kappa shape index (κ2) is 8.28. The van der Waals surface area contributed by atoms with E-state index in [1.807, 2.05) is 72.8 Å². The van der Waals surface area contributed by atoms with Crippen LogP contribution in [-0.2, 0) is 0 Å². The molecule has 0 saturated heterocycles. The lowest BCUT2D eigenvalue weighted by Crippen LogP contribution is -2.19. The summed E-state index contributed by atoms with van der Waals surface area (Å²) < 4.78 is 12.2. The number of nitrogens with two attached hydrogens (primary N) is 1. The van der Waals surface area contributed by atoms with Gasteiger partial charge in [-0.05, 0) is 60.7 Å². The second-order valence-electron chi connectivity index (χ2n) is 7.11. The molecule has 0 amide bonds. The van der Waals surface area contributed by atoms with Gasteiger partial charge in [-0.2, -0.15) is 0 Å². The van der Waals surface area contributed by atoms with Crippen molar-refractivity contribution in [2.75, 3.05) is 0 Å². The Morgan fingerprint density at radius 1 is 0.704 bits per heavy atom. The molecule has 1 atom stereocenters. The van der Waals surface area contributed by atoms with Gasteiger partial charge in [-0.15, -0.1) is 0 Å². The van der Waals surface area contributed by atoms with E-state index in [9.17, 15) is 0 Å². The predicted molar refractivity (Wildman–Crippen MR) is 108 cm³/mol. The molecule has 138 valence electrons. The van der Waals surface area contributed by atoms with E-state index in [1.54, 1.807) is 0 Å². The van der Waals surface area contributed by atoms with Gasteiger partial charge in [-0.25, -0.2) is 0 Å². The molecule has 0 aromatic heterocycles. The van der Waals surface area contributed by atoms with Crippen molar-refractivity contribution in [3.63, 3.8) is 0 Å². The second-order valence-corrected chi connectivity index (χ2v) is 7.11. The van der Waals surface area contributed by atoms with Crippen molar-refractivity contribution >= 4 is 0 Å². The largest absolute Gasteiger partial charge is 0.453 e. The van der Waals surface area contributed by atoms with E-state index >= 15 is 0 Å². The molecular weight excluding hydrogens is 334 g/mol. The van der Waals surface area contributed by atoms with Crippen LogP contribution in [0.25, 0.3) is 0 Å². The average molecular weight is 359 g/mol. The summed E-state index contributed by atoms with van der Waals surface area (Å²) in [5.41, 5.74) is 7.67. The molecule has 3 aromatic carbocycles. The van der Waals surface area contributed by atoms with Gasteiger partial charge in [0.05, 0.1) is 0 Å². The zero-order chi connectivity index (χ0) is 18.5. The zero-order valence-corrected chi connectivity index (χ0v) is 15.4. The molecule has 0 radical (unpaired) electrons. The summed E-state index contributed by atoms with van der Waals surface area (Å²) in [6, 6.07) is 25.6. The van der Waals surface area contributed by atoms with Crippen molar-refractivity contribution < 1.29 is 9.47 Å². The molecule has 27 heavy (non-hydrogen) atoms. The smallest absolute Gasteiger partial charge is 0.170 e. The van der Waals surface area contributed by atoms with Crippen LogP contribution in [0, 0.1) is 5.92 Å². The van der Waals surface area contributed by atoms with E-state index in [-0.39, 0.29) is 6.04 Å². The van der Waals surface area contributed by atoms with Crippen LogP contribution in [0.3, 0.4) is 0 Å². The molecule has 3 aromatic rings. The highest BCUT2D eigenvalue weighted by Crippen LogP contribution is 2.40. The summed E-state index contributed by atoms with van der Waals surface area (Å²) in [5, 5.41) is 0. The Hall–Kier alpha value is -2.78. The first-order valence-corrected chi connectivity index (χ1v) is 9.65. The van der Waals surface area contributed by atoms with E-state index in [4.69, 9.17) is 15.2 Å². The Morgan fingerprint density at radius 2 is 1.26 bits per heavy atom. The van der Waals surface area contributed by atoms with E-state index in [2.05, 4.69) is 6.07 Å². The van der Waals surface area contributed by atoms with E-state index in [0.717, 1.165) is 17.1 Å². The Labute approximate surface area is 160 Å². The van der Waals surface area contributed by atoms with Gasteiger partial charge >= 0.3 is 0 Å². The van der Waals surface area contributed by atoms with Crippen molar-refractivity contribution in [2.45, 2.75) is 31.7 Å². The summed E-state index contributed by atoms with van der Waals surface area (Å²) in [7, 11) is 0. The fourth-order valence-electron chi connectivity index (χ4n) is 3.72. The summed E-state index contributed by atoms with van der Waals surface area (Å²) in [6.07, 6.45) is 4.97. The molecule has 3 nitrogen and oxygen atoms in total. The van der Waals surface area contributed by atoms with Gasteiger partial charge in [-0.1, -0.05) is 55.3 Å². The van der Waals surface area contributed by atoms with Crippen LogP contribution < -0.4 is 15.2 Å². The van der Waals surface area contributed by atoms with Gasteiger partial charge in [0.1, 0.15) is 11.5 Å². The maximum Gasteiger partial charge on any atom is 0.170 e. The maximum absolute atomic E-state index is 6.57. The molecule has 4 rings (SSSR count). The van der Waals surface area contributed by atoms with Crippen LogP contribution in [0.2, 0.25) is 0 Å². The van der Waals surface area contributed by atoms with Gasteiger partial charge in [0.25, 0.3) is 0 Å². The van der Waals surface area contributed by atoms with E-state index in [1.165, 1.54) is 25.7 Å². The molecule has 1 fully saturated rings. The Kier molecular flexibility index (Phi) is 5.40. The highest BCUT2D eigenvalue weighted by atomic mass is 16.5. The minimum absolute atomic E-state index is 0.0383. The minimum atomic E-state index is 0.0383. The van der Waals surface area contributed by atoms with Crippen molar-refractivity contribution in [3.05, 3.63) is 84.4 Å². The molecule has 0 unspecified atom stereocenters. The topological polar surface area (TPSA) is 44.5 Å². The first-order valence-electron chi connectivity index (χ1n) is 9.65. The summed E-state index contributed by atoms with van der Waals surface area (Å²) in [6.45, 7) is 0. The molecule has 1 aliphatic carbocycles. The first kappa shape index (κ1) is 17.6. The molecule has 3 heteroatoms. The molecule has 0 aliphatic heterocycles. The lowest BCUT2D eigenvalue weighted by atomic mass is 9.92. The van der Waals surface area contributed by atoms with Crippen molar-refractivity contribution in [1.82, 2.24) is 0 Å². The molecule has 2 N–H and O–H groups in total. The van der Waals surface area contributed by atoms with E-state index < -0.39 is 0 Å². The molecule has 1 aliphatic rings. The van der Waals surface area contributed by atoms with Crippen molar-refractivity contribution in [2.24, 2.45) is 11.7 Å². The Balaban J connectivity index is 1.64. The molecular formula is C24H25NO2. The molecule has 1 saturated carbocycles. The fraction of sp³-hybridized carbons (Fsp3) is 0.250. The van der Waals surface area contributed by atoms with Crippen molar-refractivity contribution in [1.29, 1.82) is 0 Å². The fourth-order valence-corrected chi connectivity index (χ4v) is 3.72. The summed E-state index contributed by atoms with van der Waals surface area (Å²) in [4.78, 5) is 0. The standard InChI is InChI=1S/C24H25NO2/c25-24(18-9-7-8-10-18)19-15-16-22(26-20-11-3-1-4-12-20)23(17-19)27-21-13-5-2-6-14-21/h1-6,11-18,24H,7-10,25H2/t24-/m1/s1. The zero-order valence-electron chi connectivity index (χ0n) is 15.4. The van der Waals surface area contributed by atoms with Gasteiger partial charge in [-0.3, -0.25) is 0 Å². The van der Waals surface area contributed by atoms with Gasteiger partial charge in [0, 0.05) is 6.04 Å². The van der Waals surface area contributed by atoms with Crippen LogP contribution in [0.5, 0.6) is 23.0 Å². The van der Waals surface area contributed by atoms with Gasteiger partial charge in [0.2, 0.25) is 0 Å². The summed E-state index contributed by atoms with van der Waals surface area (Å²) in [5.74, 6) is 3.49. The summed E-state index contributed by atoms with van der Waals surface area (Å²) >= 11 is 0. The minimum Gasteiger partial charge on any atom is -0.453 e. The van der Waals surface area contributed by atoms with E-state index in [0.29, 0.717) is 17.4 Å². The molecule has 0 spiro atoms. The molecule has 0 heterocycles. The van der Waals surface area contributed by atoms with Crippen LogP contribution in [0.15, 0.2) is 78.9 Å². The van der Waals surface area contributed by atoms with Gasteiger partial charge in [0.15, 0.2) is 11.5 Å². The lowest BCUT2D eigenvalue weighted by Gasteiger charge is -2.21. The van der Waals surface area contributed by atoms with Crippen LogP contribution in [0.1, 0.15) is 37.3 Å². The average Bonchev–Trinajstić information content (AvgIpc) is 3.25.